The van der Waals surface area contributed by atoms with Crippen LogP contribution in [0.3, 0.4) is 0 Å². The van der Waals surface area contributed by atoms with Crippen LogP contribution in [0.4, 0.5) is 5.69 Å². The number of aryl methyl sites for hydroxylation is 3. The zero-order valence-corrected chi connectivity index (χ0v) is 15.5. The van der Waals surface area contributed by atoms with Crippen molar-refractivity contribution in [3.8, 4) is 0 Å². The summed E-state index contributed by atoms with van der Waals surface area (Å²) in [4.78, 5) is 25.4. The summed E-state index contributed by atoms with van der Waals surface area (Å²) < 4.78 is 0. The molecule has 3 aromatic rings. The van der Waals surface area contributed by atoms with E-state index in [9.17, 15) is 4.79 Å². The summed E-state index contributed by atoms with van der Waals surface area (Å²) >= 11 is 1.52. The van der Waals surface area contributed by atoms with Gasteiger partial charge in [-0.25, -0.2) is 15.0 Å². The number of nitrogens with zero attached hydrogens (tertiary/aromatic N) is 4. The number of nitrogens with one attached hydrogen (secondary N) is 2. The van der Waals surface area contributed by atoms with Crippen LogP contribution in [0.1, 0.15) is 29.1 Å². The number of aromatic nitrogens is 5. The Bertz CT molecular complexity index is 913. The highest BCUT2D eigenvalue weighted by Crippen LogP contribution is 2.19. The lowest BCUT2D eigenvalue weighted by Crippen LogP contribution is -2.14. The van der Waals surface area contributed by atoms with Crippen LogP contribution in [0.5, 0.6) is 0 Å². The van der Waals surface area contributed by atoms with Crippen molar-refractivity contribution < 1.29 is 4.79 Å². The first-order valence-corrected chi connectivity index (χ1v) is 9.19. The number of amides is 1. The number of rotatable bonds is 5. The molecule has 8 heteroatoms. The summed E-state index contributed by atoms with van der Waals surface area (Å²) in [5.74, 6) is -0.0601. The molecule has 0 aliphatic heterocycles. The van der Waals surface area contributed by atoms with E-state index >= 15 is 0 Å². The molecule has 0 atom stereocenters. The number of thioether (sulfide) groups is 1. The molecule has 0 unspecified atom stereocenters. The summed E-state index contributed by atoms with van der Waals surface area (Å²) in [7, 11) is 0. The summed E-state index contributed by atoms with van der Waals surface area (Å²) in [6.07, 6.45) is 4.55. The highest BCUT2D eigenvalue weighted by atomic mass is 32.2. The fourth-order valence-corrected chi connectivity index (χ4v) is 3.17. The van der Waals surface area contributed by atoms with E-state index in [0.717, 1.165) is 33.2 Å². The van der Waals surface area contributed by atoms with Gasteiger partial charge in [-0.05, 0) is 45.1 Å². The second-order valence-corrected chi connectivity index (χ2v) is 6.63. The Morgan fingerprint density at radius 1 is 1.24 bits per heavy atom. The lowest BCUT2D eigenvalue weighted by molar-refractivity contribution is -0.116. The van der Waals surface area contributed by atoms with Gasteiger partial charge in [-0.1, -0.05) is 11.8 Å². The Balaban J connectivity index is 1.67. The lowest BCUT2D eigenvalue weighted by atomic mass is 10.1. The summed E-state index contributed by atoms with van der Waals surface area (Å²) in [5, 5.41) is 11.5. The van der Waals surface area contributed by atoms with Crippen molar-refractivity contribution in [1.29, 1.82) is 0 Å². The first kappa shape index (κ1) is 17.3. The van der Waals surface area contributed by atoms with Gasteiger partial charge in [-0.3, -0.25) is 9.89 Å². The molecule has 0 saturated carbocycles. The van der Waals surface area contributed by atoms with Crippen LogP contribution in [-0.2, 0) is 11.2 Å². The Kier molecular flexibility index (Phi) is 4.98. The Morgan fingerprint density at radius 3 is 2.64 bits per heavy atom. The zero-order chi connectivity index (χ0) is 18.0. The highest BCUT2D eigenvalue weighted by molar-refractivity contribution is 7.98. The number of carbonyl (C=O) groups excluding carboxylic acids is 1. The Morgan fingerprint density at radius 2 is 1.96 bits per heavy atom. The standard InChI is InChI=1S/C17H20N6OS/c1-9-13(10(2)20-17(19-9)25-4)5-6-15(24)21-12-7-14-11(3)22-23-16(14)18-8-12/h7-8H,5-6H2,1-4H3,(H,21,24)(H,18,22,23). The van der Waals surface area contributed by atoms with Crippen molar-refractivity contribution in [3.63, 3.8) is 0 Å². The van der Waals surface area contributed by atoms with Crippen LogP contribution < -0.4 is 5.32 Å². The molecule has 0 saturated heterocycles. The van der Waals surface area contributed by atoms with Gasteiger partial charge in [0.2, 0.25) is 5.91 Å². The van der Waals surface area contributed by atoms with Gasteiger partial charge in [0.15, 0.2) is 10.8 Å². The molecule has 0 aliphatic carbocycles. The molecule has 3 aromatic heterocycles. The number of anilines is 1. The Labute approximate surface area is 150 Å². The molecule has 1 amide bonds. The van der Waals surface area contributed by atoms with E-state index in [0.29, 0.717) is 24.2 Å². The predicted molar refractivity (Wildman–Crippen MR) is 98.9 cm³/mol. The third-order valence-corrected chi connectivity index (χ3v) is 4.62. The van der Waals surface area contributed by atoms with Gasteiger partial charge in [0.1, 0.15) is 0 Å². The molecule has 0 radical (unpaired) electrons. The number of hydrogen-bond acceptors (Lipinski definition) is 6. The van der Waals surface area contributed by atoms with Crippen molar-refractivity contribution in [3.05, 3.63) is 34.9 Å². The minimum Gasteiger partial charge on any atom is -0.325 e. The van der Waals surface area contributed by atoms with E-state index in [-0.39, 0.29) is 5.91 Å². The molecule has 2 N–H and O–H groups in total. The number of carbonyl (C=O) groups is 1. The van der Waals surface area contributed by atoms with Gasteiger partial charge in [0, 0.05) is 28.9 Å². The molecule has 3 rings (SSSR count). The highest BCUT2D eigenvalue weighted by Gasteiger charge is 2.11. The van der Waals surface area contributed by atoms with E-state index in [1.165, 1.54) is 11.8 Å². The predicted octanol–water partition coefficient (Wildman–Crippen LogP) is 2.97. The average molecular weight is 356 g/mol. The maximum Gasteiger partial charge on any atom is 0.224 e. The molecule has 25 heavy (non-hydrogen) atoms. The molecule has 0 spiro atoms. The summed E-state index contributed by atoms with van der Waals surface area (Å²) in [6.45, 7) is 5.84. The fourth-order valence-electron chi connectivity index (χ4n) is 2.71. The first-order chi connectivity index (χ1) is 12.0. The smallest absolute Gasteiger partial charge is 0.224 e. The summed E-state index contributed by atoms with van der Waals surface area (Å²) in [5.41, 5.74) is 5.14. The van der Waals surface area contributed by atoms with Crippen LogP contribution in [0.2, 0.25) is 0 Å². The largest absolute Gasteiger partial charge is 0.325 e. The number of H-pyrrole nitrogens is 1. The van der Waals surface area contributed by atoms with Gasteiger partial charge >= 0.3 is 0 Å². The minimum absolute atomic E-state index is 0.0601. The minimum atomic E-state index is -0.0601. The maximum atomic E-state index is 12.3. The van der Waals surface area contributed by atoms with Gasteiger partial charge in [0.05, 0.1) is 11.9 Å². The van der Waals surface area contributed by atoms with Crippen LogP contribution in [0, 0.1) is 20.8 Å². The normalized spacial score (nSPS) is 11.0. The first-order valence-electron chi connectivity index (χ1n) is 7.96. The van der Waals surface area contributed by atoms with Gasteiger partial charge in [0.25, 0.3) is 0 Å². The van der Waals surface area contributed by atoms with Crippen LogP contribution in [-0.4, -0.2) is 37.3 Å². The molecule has 0 aromatic carbocycles. The topological polar surface area (TPSA) is 96.5 Å². The van der Waals surface area contributed by atoms with Crippen molar-refractivity contribution in [1.82, 2.24) is 25.1 Å². The van der Waals surface area contributed by atoms with E-state index in [1.807, 2.05) is 33.1 Å². The van der Waals surface area contributed by atoms with Crippen LogP contribution in [0.25, 0.3) is 11.0 Å². The number of aromatic amines is 1. The molecule has 0 aliphatic rings. The van der Waals surface area contributed by atoms with Crippen molar-refractivity contribution in [2.45, 2.75) is 38.8 Å². The number of hydrogen-bond donors (Lipinski definition) is 2. The molecule has 0 fully saturated rings. The third kappa shape index (κ3) is 3.79. The maximum absolute atomic E-state index is 12.3. The quantitative estimate of drug-likeness (QED) is 0.539. The zero-order valence-electron chi connectivity index (χ0n) is 14.7. The monoisotopic (exact) mass is 356 g/mol. The van der Waals surface area contributed by atoms with Crippen LogP contribution >= 0.6 is 11.8 Å². The molecule has 130 valence electrons. The fraction of sp³-hybridized carbons (Fsp3) is 0.353. The van der Waals surface area contributed by atoms with Crippen LogP contribution in [0.15, 0.2) is 17.4 Å². The number of pyridine rings is 1. The number of fused-ring (bicyclic) bond motifs is 1. The van der Waals surface area contributed by atoms with Crippen molar-refractivity contribution in [2.24, 2.45) is 0 Å². The molecular formula is C17H20N6OS. The van der Waals surface area contributed by atoms with Gasteiger partial charge in [-0.15, -0.1) is 0 Å². The average Bonchev–Trinajstić information content (AvgIpc) is 2.94. The second kappa shape index (κ2) is 7.18. The van der Waals surface area contributed by atoms with Gasteiger partial charge in [-0.2, -0.15) is 5.10 Å². The SMILES string of the molecule is CSc1nc(C)c(CCC(=O)Nc2cnc3n[nH]c(C)c3c2)c(C)n1. The lowest BCUT2D eigenvalue weighted by Gasteiger charge is -2.10. The van der Waals surface area contributed by atoms with E-state index in [4.69, 9.17) is 0 Å². The van der Waals surface area contributed by atoms with Gasteiger partial charge < -0.3 is 5.32 Å². The molecule has 3 heterocycles. The molecule has 7 nitrogen and oxygen atoms in total. The van der Waals surface area contributed by atoms with E-state index in [1.54, 1.807) is 6.20 Å². The Hall–Kier alpha value is -2.48. The molecule has 0 bridgehead atoms. The van der Waals surface area contributed by atoms with E-state index < -0.39 is 0 Å². The second-order valence-electron chi connectivity index (χ2n) is 5.85. The van der Waals surface area contributed by atoms with E-state index in [2.05, 4.69) is 30.5 Å². The van der Waals surface area contributed by atoms with Crippen molar-refractivity contribution in [2.75, 3.05) is 11.6 Å². The third-order valence-electron chi connectivity index (χ3n) is 4.07. The summed E-state index contributed by atoms with van der Waals surface area (Å²) in [6, 6.07) is 1.88. The van der Waals surface area contributed by atoms with Crippen molar-refractivity contribution >= 4 is 34.4 Å². The molecular weight excluding hydrogens is 336 g/mol.